The standard InChI is InChI=1S/C22H29NO2/c1-15(2)19-14-20(17(4)13-21(19)25-5)22(24)23-12-6-7-18-10-8-16(3)9-11-18/h8-11,13-15H,6-7,12H2,1-5H3,(H,23,24). The molecule has 3 nitrogen and oxygen atoms in total. The van der Waals surface area contributed by atoms with Crippen molar-refractivity contribution >= 4 is 5.91 Å². The van der Waals surface area contributed by atoms with Crippen LogP contribution in [-0.2, 0) is 6.42 Å². The van der Waals surface area contributed by atoms with Gasteiger partial charge >= 0.3 is 0 Å². The molecule has 0 saturated carbocycles. The number of rotatable bonds is 7. The highest BCUT2D eigenvalue weighted by molar-refractivity contribution is 5.96. The number of benzene rings is 2. The molecule has 3 heteroatoms. The van der Waals surface area contributed by atoms with Crippen LogP contribution in [0.15, 0.2) is 36.4 Å². The van der Waals surface area contributed by atoms with Gasteiger partial charge in [0.1, 0.15) is 5.75 Å². The molecule has 0 heterocycles. The lowest BCUT2D eigenvalue weighted by Crippen LogP contribution is -2.25. The van der Waals surface area contributed by atoms with Crippen molar-refractivity contribution in [3.05, 3.63) is 64.2 Å². The Morgan fingerprint density at radius 1 is 1.12 bits per heavy atom. The first-order valence-electron chi connectivity index (χ1n) is 8.94. The molecule has 0 spiro atoms. The Morgan fingerprint density at radius 3 is 2.40 bits per heavy atom. The fourth-order valence-corrected chi connectivity index (χ4v) is 2.92. The van der Waals surface area contributed by atoms with E-state index in [0.717, 1.165) is 35.3 Å². The molecular formula is C22H29NO2. The summed E-state index contributed by atoms with van der Waals surface area (Å²) in [5.74, 6) is 1.15. The molecule has 0 fully saturated rings. The van der Waals surface area contributed by atoms with Crippen molar-refractivity contribution in [1.82, 2.24) is 5.32 Å². The molecule has 0 aromatic heterocycles. The number of carbonyl (C=O) groups is 1. The SMILES string of the molecule is COc1cc(C)c(C(=O)NCCCc2ccc(C)cc2)cc1C(C)C. The summed E-state index contributed by atoms with van der Waals surface area (Å²) in [6, 6.07) is 12.5. The van der Waals surface area contributed by atoms with E-state index in [2.05, 4.69) is 50.4 Å². The van der Waals surface area contributed by atoms with Crippen molar-refractivity contribution in [3.63, 3.8) is 0 Å². The summed E-state index contributed by atoms with van der Waals surface area (Å²) in [7, 11) is 1.67. The molecule has 25 heavy (non-hydrogen) atoms. The predicted molar refractivity (Wildman–Crippen MR) is 104 cm³/mol. The number of aryl methyl sites for hydroxylation is 3. The van der Waals surface area contributed by atoms with E-state index in [9.17, 15) is 4.79 Å². The lowest BCUT2D eigenvalue weighted by Gasteiger charge is -2.16. The highest BCUT2D eigenvalue weighted by Crippen LogP contribution is 2.29. The predicted octanol–water partition coefficient (Wildman–Crippen LogP) is 4.80. The second kappa shape index (κ2) is 8.70. The number of nitrogens with one attached hydrogen (secondary N) is 1. The van der Waals surface area contributed by atoms with Crippen molar-refractivity contribution in [3.8, 4) is 5.75 Å². The van der Waals surface area contributed by atoms with Crippen molar-refractivity contribution in [2.24, 2.45) is 0 Å². The molecular weight excluding hydrogens is 310 g/mol. The van der Waals surface area contributed by atoms with Crippen LogP contribution in [0.4, 0.5) is 0 Å². The fourth-order valence-electron chi connectivity index (χ4n) is 2.92. The maximum absolute atomic E-state index is 12.5. The number of carbonyl (C=O) groups excluding carboxylic acids is 1. The van der Waals surface area contributed by atoms with Gasteiger partial charge in [0.25, 0.3) is 5.91 Å². The lowest BCUT2D eigenvalue weighted by molar-refractivity contribution is 0.0952. The Hall–Kier alpha value is -2.29. The van der Waals surface area contributed by atoms with Crippen LogP contribution in [0.25, 0.3) is 0 Å². The van der Waals surface area contributed by atoms with Gasteiger partial charge in [-0.25, -0.2) is 0 Å². The summed E-state index contributed by atoms with van der Waals surface area (Å²) in [6.45, 7) is 8.93. The molecule has 0 unspecified atom stereocenters. The molecule has 0 saturated heterocycles. The quantitative estimate of drug-likeness (QED) is 0.736. The summed E-state index contributed by atoms with van der Waals surface area (Å²) in [6.07, 6.45) is 1.90. The third-order valence-corrected chi connectivity index (χ3v) is 4.49. The Morgan fingerprint density at radius 2 is 1.80 bits per heavy atom. The fraction of sp³-hybridized carbons (Fsp3) is 0.409. The second-order valence-electron chi connectivity index (χ2n) is 6.91. The van der Waals surface area contributed by atoms with Crippen molar-refractivity contribution < 1.29 is 9.53 Å². The zero-order chi connectivity index (χ0) is 18.4. The van der Waals surface area contributed by atoms with Crippen LogP contribution in [0.1, 0.15) is 58.8 Å². The normalized spacial score (nSPS) is 10.8. The van der Waals surface area contributed by atoms with Crippen LogP contribution in [0.5, 0.6) is 5.75 Å². The van der Waals surface area contributed by atoms with Gasteiger partial charge in [0.05, 0.1) is 7.11 Å². The summed E-state index contributed by atoms with van der Waals surface area (Å²) in [5.41, 5.74) is 5.32. The van der Waals surface area contributed by atoms with E-state index < -0.39 is 0 Å². The van der Waals surface area contributed by atoms with Gasteiger partial charge in [-0.2, -0.15) is 0 Å². The van der Waals surface area contributed by atoms with Gasteiger partial charge < -0.3 is 10.1 Å². The topological polar surface area (TPSA) is 38.3 Å². The van der Waals surface area contributed by atoms with Crippen molar-refractivity contribution in [1.29, 1.82) is 0 Å². The molecule has 2 rings (SSSR count). The number of amides is 1. The minimum atomic E-state index is -0.00837. The summed E-state index contributed by atoms with van der Waals surface area (Å²) in [4.78, 5) is 12.5. The van der Waals surface area contributed by atoms with Gasteiger partial charge in [0, 0.05) is 12.1 Å². The molecule has 2 aromatic carbocycles. The van der Waals surface area contributed by atoms with E-state index in [1.165, 1.54) is 11.1 Å². The van der Waals surface area contributed by atoms with Gasteiger partial charge in [-0.15, -0.1) is 0 Å². The molecule has 2 aromatic rings. The largest absolute Gasteiger partial charge is 0.496 e. The number of methoxy groups -OCH3 is 1. The van der Waals surface area contributed by atoms with E-state index >= 15 is 0 Å². The van der Waals surface area contributed by atoms with Crippen LogP contribution in [0.3, 0.4) is 0 Å². The van der Waals surface area contributed by atoms with Crippen LogP contribution >= 0.6 is 0 Å². The zero-order valence-electron chi connectivity index (χ0n) is 16.0. The van der Waals surface area contributed by atoms with E-state index in [1.54, 1.807) is 7.11 Å². The molecule has 0 radical (unpaired) electrons. The molecule has 1 amide bonds. The molecule has 1 N–H and O–H groups in total. The van der Waals surface area contributed by atoms with Crippen LogP contribution < -0.4 is 10.1 Å². The molecule has 0 aliphatic heterocycles. The van der Waals surface area contributed by atoms with Gasteiger partial charge in [0.2, 0.25) is 0 Å². The average Bonchev–Trinajstić information content (AvgIpc) is 2.59. The number of hydrogen-bond donors (Lipinski definition) is 1. The molecule has 0 atom stereocenters. The van der Waals surface area contributed by atoms with E-state index in [4.69, 9.17) is 4.74 Å². The number of ether oxygens (including phenoxy) is 1. The van der Waals surface area contributed by atoms with Crippen LogP contribution in [0, 0.1) is 13.8 Å². The third kappa shape index (κ3) is 5.09. The first kappa shape index (κ1) is 19.0. The van der Waals surface area contributed by atoms with Crippen molar-refractivity contribution in [2.75, 3.05) is 13.7 Å². The summed E-state index contributed by atoms with van der Waals surface area (Å²) >= 11 is 0. The summed E-state index contributed by atoms with van der Waals surface area (Å²) in [5, 5.41) is 3.05. The van der Waals surface area contributed by atoms with Gasteiger partial charge in [-0.1, -0.05) is 43.7 Å². The Kier molecular flexibility index (Phi) is 6.63. The third-order valence-electron chi connectivity index (χ3n) is 4.49. The zero-order valence-corrected chi connectivity index (χ0v) is 16.0. The second-order valence-corrected chi connectivity index (χ2v) is 6.91. The average molecular weight is 339 g/mol. The van der Waals surface area contributed by atoms with E-state index in [-0.39, 0.29) is 5.91 Å². The van der Waals surface area contributed by atoms with E-state index in [0.29, 0.717) is 12.5 Å². The number of hydrogen-bond acceptors (Lipinski definition) is 2. The monoisotopic (exact) mass is 339 g/mol. The van der Waals surface area contributed by atoms with Crippen molar-refractivity contribution in [2.45, 2.75) is 46.5 Å². The maximum atomic E-state index is 12.5. The van der Waals surface area contributed by atoms with E-state index in [1.807, 2.05) is 19.1 Å². The Labute approximate surface area is 151 Å². The molecule has 0 bridgehead atoms. The molecule has 0 aliphatic rings. The van der Waals surface area contributed by atoms with Gasteiger partial charge in [0.15, 0.2) is 0 Å². The van der Waals surface area contributed by atoms with Crippen LogP contribution in [-0.4, -0.2) is 19.6 Å². The van der Waals surface area contributed by atoms with Gasteiger partial charge in [-0.3, -0.25) is 4.79 Å². The molecule has 0 aliphatic carbocycles. The van der Waals surface area contributed by atoms with Crippen LogP contribution in [0.2, 0.25) is 0 Å². The smallest absolute Gasteiger partial charge is 0.251 e. The first-order chi connectivity index (χ1) is 11.9. The molecule has 134 valence electrons. The summed E-state index contributed by atoms with van der Waals surface area (Å²) < 4.78 is 5.45. The Balaban J connectivity index is 1.96. The highest BCUT2D eigenvalue weighted by Gasteiger charge is 2.15. The minimum absolute atomic E-state index is 0.00837. The highest BCUT2D eigenvalue weighted by atomic mass is 16.5. The van der Waals surface area contributed by atoms with Gasteiger partial charge in [-0.05, 0) is 61.4 Å². The first-order valence-corrected chi connectivity index (χ1v) is 8.94. The minimum Gasteiger partial charge on any atom is -0.496 e. The Bertz CT molecular complexity index is 718. The lowest BCUT2D eigenvalue weighted by atomic mass is 9.96. The maximum Gasteiger partial charge on any atom is 0.251 e.